The van der Waals surface area contributed by atoms with Crippen molar-refractivity contribution >= 4 is 10.9 Å². The van der Waals surface area contributed by atoms with Gasteiger partial charge in [0.25, 0.3) is 5.56 Å². The summed E-state index contributed by atoms with van der Waals surface area (Å²) in [5.74, 6) is 1.28. The Kier molecular flexibility index (Phi) is 4.62. The first-order valence-corrected chi connectivity index (χ1v) is 8.06. The Labute approximate surface area is 140 Å². The summed E-state index contributed by atoms with van der Waals surface area (Å²) >= 11 is 0. The summed E-state index contributed by atoms with van der Waals surface area (Å²) < 4.78 is 17.8. The number of hydrogen-bond acceptors (Lipinski definition) is 6. The van der Waals surface area contributed by atoms with Crippen molar-refractivity contribution in [2.45, 2.75) is 37.8 Å². The molecular formula is C17H23N3O4. The van der Waals surface area contributed by atoms with E-state index in [1.165, 1.54) is 21.3 Å². The number of rotatable bonds is 4. The molecule has 0 aliphatic heterocycles. The minimum Gasteiger partial charge on any atom is -0.493 e. The molecule has 24 heavy (non-hydrogen) atoms. The molecule has 0 spiro atoms. The normalized spacial score (nSPS) is 20.8. The van der Waals surface area contributed by atoms with Gasteiger partial charge in [-0.05, 0) is 31.7 Å². The molecule has 0 atom stereocenters. The maximum absolute atomic E-state index is 13.0. The van der Waals surface area contributed by atoms with Crippen LogP contribution in [0.4, 0.5) is 0 Å². The Morgan fingerprint density at radius 2 is 1.75 bits per heavy atom. The van der Waals surface area contributed by atoms with E-state index in [2.05, 4.69) is 4.98 Å². The number of ether oxygens (including phenoxy) is 3. The molecule has 1 saturated carbocycles. The molecule has 1 aromatic heterocycles. The van der Waals surface area contributed by atoms with E-state index in [1.807, 2.05) is 0 Å². The zero-order valence-corrected chi connectivity index (χ0v) is 14.2. The number of benzene rings is 1. The van der Waals surface area contributed by atoms with Gasteiger partial charge < -0.3 is 19.9 Å². The standard InChI is InChI=1S/C17H23N3O4/c1-22-13-8-12-14(16(24-3)15(13)23-2)19-9-20(17(12)21)11-6-4-10(18)5-7-11/h8-11H,4-7,18H2,1-3H3. The van der Waals surface area contributed by atoms with Crippen LogP contribution in [0.1, 0.15) is 31.7 Å². The molecule has 2 N–H and O–H groups in total. The molecule has 1 aliphatic rings. The van der Waals surface area contributed by atoms with Crippen LogP contribution < -0.4 is 25.5 Å². The largest absolute Gasteiger partial charge is 0.493 e. The molecule has 0 radical (unpaired) electrons. The van der Waals surface area contributed by atoms with Crippen molar-refractivity contribution in [2.75, 3.05) is 21.3 Å². The topological polar surface area (TPSA) is 88.6 Å². The van der Waals surface area contributed by atoms with Crippen molar-refractivity contribution in [3.63, 3.8) is 0 Å². The van der Waals surface area contributed by atoms with Gasteiger partial charge in [0.15, 0.2) is 11.5 Å². The summed E-state index contributed by atoms with van der Waals surface area (Å²) in [7, 11) is 4.58. The molecule has 0 saturated heterocycles. The van der Waals surface area contributed by atoms with E-state index in [9.17, 15) is 4.79 Å². The van der Waals surface area contributed by atoms with E-state index in [4.69, 9.17) is 19.9 Å². The number of nitrogens with two attached hydrogens (primary N) is 1. The fourth-order valence-corrected chi connectivity index (χ4v) is 3.38. The Balaban J connectivity index is 2.16. The van der Waals surface area contributed by atoms with Crippen LogP contribution in [-0.2, 0) is 0 Å². The smallest absolute Gasteiger partial charge is 0.261 e. The third-order valence-corrected chi connectivity index (χ3v) is 4.71. The summed E-state index contributed by atoms with van der Waals surface area (Å²) in [6, 6.07) is 2.03. The van der Waals surface area contributed by atoms with E-state index < -0.39 is 0 Å². The van der Waals surface area contributed by atoms with Crippen molar-refractivity contribution in [3.05, 3.63) is 22.7 Å². The lowest BCUT2D eigenvalue weighted by Crippen LogP contribution is -2.32. The Morgan fingerprint density at radius 1 is 1.08 bits per heavy atom. The minimum atomic E-state index is -0.0975. The summed E-state index contributed by atoms with van der Waals surface area (Å²) in [5, 5.41) is 0.460. The highest BCUT2D eigenvalue weighted by Crippen LogP contribution is 2.41. The van der Waals surface area contributed by atoms with Crippen LogP contribution in [0.15, 0.2) is 17.2 Å². The van der Waals surface area contributed by atoms with Crippen LogP contribution in [0.5, 0.6) is 17.2 Å². The molecule has 2 aromatic rings. The van der Waals surface area contributed by atoms with Crippen LogP contribution in [0, 0.1) is 0 Å². The van der Waals surface area contributed by atoms with Gasteiger partial charge in [0.05, 0.1) is 33.0 Å². The number of nitrogens with zero attached hydrogens (tertiary/aromatic N) is 2. The zero-order valence-electron chi connectivity index (χ0n) is 14.2. The number of methoxy groups -OCH3 is 3. The van der Waals surface area contributed by atoms with E-state index in [0.717, 1.165) is 25.7 Å². The van der Waals surface area contributed by atoms with Gasteiger partial charge in [-0.3, -0.25) is 9.36 Å². The van der Waals surface area contributed by atoms with Crippen molar-refractivity contribution in [3.8, 4) is 17.2 Å². The summed E-state index contributed by atoms with van der Waals surface area (Å²) in [6.45, 7) is 0. The number of aromatic nitrogens is 2. The maximum Gasteiger partial charge on any atom is 0.261 e. The Hall–Kier alpha value is -2.28. The highest BCUT2D eigenvalue weighted by atomic mass is 16.5. The minimum absolute atomic E-state index is 0.0975. The van der Waals surface area contributed by atoms with Crippen molar-refractivity contribution in [2.24, 2.45) is 5.73 Å². The monoisotopic (exact) mass is 333 g/mol. The SMILES string of the molecule is COc1cc2c(=O)n(C3CCC(N)CC3)cnc2c(OC)c1OC. The van der Waals surface area contributed by atoms with Crippen LogP contribution in [-0.4, -0.2) is 36.9 Å². The molecule has 3 rings (SSSR count). The third kappa shape index (κ3) is 2.69. The van der Waals surface area contributed by atoms with Gasteiger partial charge in [-0.15, -0.1) is 0 Å². The molecule has 7 heteroatoms. The average molecular weight is 333 g/mol. The molecule has 130 valence electrons. The highest BCUT2D eigenvalue weighted by Gasteiger charge is 2.24. The van der Waals surface area contributed by atoms with Gasteiger partial charge in [-0.2, -0.15) is 0 Å². The lowest BCUT2D eigenvalue weighted by atomic mass is 9.91. The molecule has 0 amide bonds. The fourth-order valence-electron chi connectivity index (χ4n) is 3.38. The highest BCUT2D eigenvalue weighted by molar-refractivity contribution is 5.89. The third-order valence-electron chi connectivity index (χ3n) is 4.71. The van der Waals surface area contributed by atoms with Crippen LogP contribution in [0.25, 0.3) is 10.9 Å². The van der Waals surface area contributed by atoms with Crippen molar-refractivity contribution < 1.29 is 14.2 Å². The van der Waals surface area contributed by atoms with Gasteiger partial charge in [-0.1, -0.05) is 0 Å². The molecule has 1 aromatic carbocycles. The number of hydrogen-bond donors (Lipinski definition) is 1. The van der Waals surface area contributed by atoms with E-state index in [-0.39, 0.29) is 17.6 Å². The van der Waals surface area contributed by atoms with Crippen LogP contribution in [0.2, 0.25) is 0 Å². The lowest BCUT2D eigenvalue weighted by molar-refractivity contribution is 0.315. The predicted molar refractivity (Wildman–Crippen MR) is 91.1 cm³/mol. The van der Waals surface area contributed by atoms with Gasteiger partial charge in [0.1, 0.15) is 5.52 Å². The van der Waals surface area contributed by atoms with Crippen molar-refractivity contribution in [1.29, 1.82) is 0 Å². The second kappa shape index (κ2) is 6.68. The molecular weight excluding hydrogens is 310 g/mol. The summed E-state index contributed by atoms with van der Waals surface area (Å²) in [4.78, 5) is 17.4. The second-order valence-corrected chi connectivity index (χ2v) is 6.07. The van der Waals surface area contributed by atoms with E-state index in [1.54, 1.807) is 17.0 Å². The van der Waals surface area contributed by atoms with Crippen LogP contribution >= 0.6 is 0 Å². The zero-order chi connectivity index (χ0) is 17.3. The first-order chi connectivity index (χ1) is 11.6. The molecule has 1 fully saturated rings. The summed E-state index contributed by atoms with van der Waals surface area (Å²) in [5.41, 5.74) is 6.34. The second-order valence-electron chi connectivity index (χ2n) is 6.07. The maximum atomic E-state index is 13.0. The Bertz CT molecular complexity index is 795. The lowest BCUT2D eigenvalue weighted by Gasteiger charge is -2.27. The first-order valence-electron chi connectivity index (χ1n) is 8.06. The number of fused-ring (bicyclic) bond motifs is 1. The van der Waals surface area contributed by atoms with Crippen LogP contribution in [0.3, 0.4) is 0 Å². The summed E-state index contributed by atoms with van der Waals surface area (Å²) in [6.07, 6.45) is 5.22. The molecule has 0 bridgehead atoms. The molecule has 1 aliphatic carbocycles. The van der Waals surface area contributed by atoms with E-state index in [0.29, 0.717) is 28.2 Å². The first kappa shape index (κ1) is 16.6. The molecule has 0 unspecified atom stereocenters. The fraction of sp³-hybridized carbons (Fsp3) is 0.529. The Morgan fingerprint density at radius 3 is 2.33 bits per heavy atom. The molecule has 7 nitrogen and oxygen atoms in total. The molecule has 1 heterocycles. The average Bonchev–Trinajstić information content (AvgIpc) is 2.61. The van der Waals surface area contributed by atoms with Crippen molar-refractivity contribution in [1.82, 2.24) is 9.55 Å². The van der Waals surface area contributed by atoms with Gasteiger partial charge in [-0.25, -0.2) is 4.98 Å². The quantitative estimate of drug-likeness (QED) is 0.919. The van der Waals surface area contributed by atoms with E-state index >= 15 is 0 Å². The van der Waals surface area contributed by atoms with Gasteiger partial charge in [0, 0.05) is 12.1 Å². The predicted octanol–water partition coefficient (Wildman–Crippen LogP) is 1.86. The van der Waals surface area contributed by atoms with Gasteiger partial charge >= 0.3 is 0 Å². The van der Waals surface area contributed by atoms with Gasteiger partial charge in [0.2, 0.25) is 5.75 Å².